The van der Waals surface area contributed by atoms with Crippen molar-refractivity contribution in [1.82, 2.24) is 14.5 Å². The van der Waals surface area contributed by atoms with Crippen molar-refractivity contribution in [3.05, 3.63) is 67.5 Å². The summed E-state index contributed by atoms with van der Waals surface area (Å²) in [5, 5.41) is 7.43. The molecule has 2 aromatic heterocycles. The number of fused-ring (bicyclic) bond motifs is 1. The van der Waals surface area contributed by atoms with Crippen LogP contribution in [0.3, 0.4) is 0 Å². The molecule has 196 valence electrons. The number of carbonyl (C=O) groups excluding carboxylic acids is 1. The SMILES string of the molecule is C=CC(=O)Nc1cc(Nc2nccc(-c3cn(C4CC4)c4ccccc34)n2)c(OC)cc1N(C)CCCC. The van der Waals surface area contributed by atoms with E-state index in [1.54, 1.807) is 13.3 Å². The Morgan fingerprint density at radius 2 is 2.05 bits per heavy atom. The average molecular weight is 511 g/mol. The molecule has 1 amide bonds. The Morgan fingerprint density at radius 3 is 2.79 bits per heavy atom. The molecule has 8 heteroatoms. The summed E-state index contributed by atoms with van der Waals surface area (Å²) >= 11 is 0. The molecule has 0 saturated heterocycles. The van der Waals surface area contributed by atoms with E-state index in [-0.39, 0.29) is 5.91 Å². The van der Waals surface area contributed by atoms with E-state index in [0.29, 0.717) is 29.1 Å². The van der Waals surface area contributed by atoms with E-state index >= 15 is 0 Å². The van der Waals surface area contributed by atoms with Crippen molar-refractivity contribution in [3.8, 4) is 17.0 Å². The number of methoxy groups -OCH3 is 1. The lowest BCUT2D eigenvalue weighted by Crippen LogP contribution is -2.21. The van der Waals surface area contributed by atoms with Crippen LogP contribution >= 0.6 is 0 Å². The van der Waals surface area contributed by atoms with Gasteiger partial charge in [-0.25, -0.2) is 9.97 Å². The molecule has 2 N–H and O–H groups in total. The van der Waals surface area contributed by atoms with Crippen LogP contribution in [0.5, 0.6) is 5.75 Å². The zero-order valence-electron chi connectivity index (χ0n) is 22.2. The molecule has 1 aliphatic rings. The highest BCUT2D eigenvalue weighted by atomic mass is 16.5. The Morgan fingerprint density at radius 1 is 1.24 bits per heavy atom. The molecule has 0 unspecified atom stereocenters. The molecule has 0 bridgehead atoms. The van der Waals surface area contributed by atoms with E-state index in [1.807, 2.05) is 25.2 Å². The number of anilines is 4. The fourth-order valence-electron chi connectivity index (χ4n) is 4.70. The second kappa shape index (κ2) is 11.0. The average Bonchev–Trinajstić information content (AvgIpc) is 3.71. The largest absolute Gasteiger partial charge is 0.494 e. The molecular weight excluding hydrogens is 476 g/mol. The normalized spacial score (nSPS) is 12.8. The van der Waals surface area contributed by atoms with E-state index in [1.165, 1.54) is 29.8 Å². The van der Waals surface area contributed by atoms with Gasteiger partial charge >= 0.3 is 0 Å². The number of aromatic nitrogens is 3. The van der Waals surface area contributed by atoms with Crippen LogP contribution in [0.2, 0.25) is 0 Å². The van der Waals surface area contributed by atoms with Gasteiger partial charge in [0.25, 0.3) is 0 Å². The topological polar surface area (TPSA) is 84.3 Å². The molecular formula is C30H34N6O2. The molecule has 1 aliphatic carbocycles. The quantitative estimate of drug-likeness (QED) is 0.223. The Balaban J connectivity index is 1.50. The van der Waals surface area contributed by atoms with E-state index < -0.39 is 0 Å². The van der Waals surface area contributed by atoms with Crippen molar-refractivity contribution in [2.24, 2.45) is 0 Å². The van der Waals surface area contributed by atoms with Gasteiger partial charge in [0, 0.05) is 54.6 Å². The summed E-state index contributed by atoms with van der Waals surface area (Å²) in [6.07, 6.45) is 9.75. The van der Waals surface area contributed by atoms with Crippen LogP contribution in [0.25, 0.3) is 22.2 Å². The Hall–Kier alpha value is -4.33. The highest BCUT2D eigenvalue weighted by molar-refractivity contribution is 6.02. The highest BCUT2D eigenvalue weighted by Crippen LogP contribution is 2.41. The molecule has 8 nitrogen and oxygen atoms in total. The number of rotatable bonds is 11. The van der Waals surface area contributed by atoms with Crippen LogP contribution in [0.1, 0.15) is 38.6 Å². The van der Waals surface area contributed by atoms with Crippen molar-refractivity contribution in [1.29, 1.82) is 0 Å². The molecule has 0 atom stereocenters. The first-order valence-corrected chi connectivity index (χ1v) is 13.1. The number of hydrogen-bond donors (Lipinski definition) is 2. The molecule has 0 radical (unpaired) electrons. The second-order valence-electron chi connectivity index (χ2n) is 9.63. The maximum absolute atomic E-state index is 12.2. The lowest BCUT2D eigenvalue weighted by Gasteiger charge is -2.24. The van der Waals surface area contributed by atoms with Gasteiger partial charge < -0.3 is 24.8 Å². The van der Waals surface area contributed by atoms with Crippen molar-refractivity contribution in [2.75, 3.05) is 36.2 Å². The number of carbonyl (C=O) groups is 1. The van der Waals surface area contributed by atoms with Gasteiger partial charge in [-0.2, -0.15) is 0 Å². The summed E-state index contributed by atoms with van der Waals surface area (Å²) in [7, 11) is 3.63. The monoisotopic (exact) mass is 510 g/mol. The van der Waals surface area contributed by atoms with Gasteiger partial charge in [-0.3, -0.25) is 4.79 Å². The Bertz CT molecular complexity index is 1470. The number of unbranched alkanes of at least 4 members (excludes halogenated alkanes) is 1. The van der Waals surface area contributed by atoms with Crippen molar-refractivity contribution in [2.45, 2.75) is 38.6 Å². The second-order valence-corrected chi connectivity index (χ2v) is 9.63. The first kappa shape index (κ1) is 25.3. The van der Waals surface area contributed by atoms with Crippen LogP contribution in [0, 0.1) is 0 Å². The van der Waals surface area contributed by atoms with E-state index in [0.717, 1.165) is 36.3 Å². The van der Waals surface area contributed by atoms with Gasteiger partial charge in [-0.15, -0.1) is 0 Å². The Labute approximate surface area is 223 Å². The van der Waals surface area contributed by atoms with Gasteiger partial charge in [0.1, 0.15) is 5.75 Å². The third-order valence-corrected chi connectivity index (χ3v) is 6.88. The van der Waals surface area contributed by atoms with Crippen LogP contribution in [-0.4, -0.2) is 41.1 Å². The summed E-state index contributed by atoms with van der Waals surface area (Å²) in [6, 6.07) is 14.7. The summed E-state index contributed by atoms with van der Waals surface area (Å²) in [5.41, 5.74) is 5.31. The van der Waals surface area contributed by atoms with E-state index in [9.17, 15) is 4.79 Å². The smallest absolute Gasteiger partial charge is 0.247 e. The van der Waals surface area contributed by atoms with Crippen molar-refractivity contribution < 1.29 is 9.53 Å². The van der Waals surface area contributed by atoms with Crippen LogP contribution in [0.4, 0.5) is 23.0 Å². The minimum Gasteiger partial charge on any atom is -0.494 e. The minimum absolute atomic E-state index is 0.281. The van der Waals surface area contributed by atoms with Gasteiger partial charge in [0.2, 0.25) is 11.9 Å². The van der Waals surface area contributed by atoms with Crippen molar-refractivity contribution >= 4 is 39.8 Å². The third-order valence-electron chi connectivity index (χ3n) is 6.88. The number of nitrogens with zero attached hydrogens (tertiary/aromatic N) is 4. The molecule has 0 spiro atoms. The molecule has 4 aromatic rings. The van der Waals surface area contributed by atoms with Gasteiger partial charge in [-0.05, 0) is 43.5 Å². The molecule has 2 heterocycles. The number of ether oxygens (including phenoxy) is 1. The molecule has 5 rings (SSSR count). The fourth-order valence-corrected chi connectivity index (χ4v) is 4.70. The molecule has 0 aliphatic heterocycles. The maximum Gasteiger partial charge on any atom is 0.247 e. The predicted molar refractivity (Wildman–Crippen MR) is 155 cm³/mol. The molecule has 1 fully saturated rings. The standard InChI is InChI=1S/C30H34N6O2/c1-5-7-16-35(3)27-18-28(38-4)25(17-24(27)32-29(37)6-2)34-30-31-15-14-23(33-30)22-19-36(20-12-13-20)26-11-9-8-10-21(22)26/h6,8-11,14-15,17-20H,2,5,7,12-13,16H2,1,3-4H3,(H,32,37)(H,31,33,34). The lowest BCUT2D eigenvalue weighted by molar-refractivity contribution is -0.111. The van der Waals surface area contributed by atoms with E-state index in [2.05, 4.69) is 69.0 Å². The summed E-state index contributed by atoms with van der Waals surface area (Å²) in [6.45, 7) is 6.60. The van der Waals surface area contributed by atoms with Crippen molar-refractivity contribution in [3.63, 3.8) is 0 Å². The molecule has 2 aromatic carbocycles. The minimum atomic E-state index is -0.281. The summed E-state index contributed by atoms with van der Waals surface area (Å²) in [5.74, 6) is 0.785. The van der Waals surface area contributed by atoms with Crippen LogP contribution < -0.4 is 20.3 Å². The number of nitrogens with one attached hydrogen (secondary N) is 2. The lowest BCUT2D eigenvalue weighted by atomic mass is 10.1. The fraction of sp³-hybridized carbons (Fsp3) is 0.300. The number of para-hydroxylation sites is 1. The predicted octanol–water partition coefficient (Wildman–Crippen LogP) is 6.55. The molecule has 38 heavy (non-hydrogen) atoms. The zero-order chi connectivity index (χ0) is 26.6. The van der Waals surface area contributed by atoms with Crippen LogP contribution in [-0.2, 0) is 4.79 Å². The highest BCUT2D eigenvalue weighted by Gasteiger charge is 2.26. The Kier molecular flexibility index (Phi) is 7.31. The third kappa shape index (κ3) is 5.20. The van der Waals surface area contributed by atoms with Gasteiger partial charge in [-0.1, -0.05) is 38.1 Å². The van der Waals surface area contributed by atoms with Crippen LogP contribution in [0.15, 0.2) is 67.5 Å². The zero-order valence-corrected chi connectivity index (χ0v) is 22.2. The first-order valence-electron chi connectivity index (χ1n) is 13.1. The first-order chi connectivity index (χ1) is 18.5. The van der Waals surface area contributed by atoms with E-state index in [4.69, 9.17) is 9.72 Å². The molecule has 1 saturated carbocycles. The number of amides is 1. The summed E-state index contributed by atoms with van der Waals surface area (Å²) in [4.78, 5) is 23.7. The van der Waals surface area contributed by atoms with Gasteiger partial charge in [0.05, 0.1) is 29.9 Å². The maximum atomic E-state index is 12.2. The number of hydrogen-bond acceptors (Lipinski definition) is 6. The summed E-state index contributed by atoms with van der Waals surface area (Å²) < 4.78 is 8.09. The van der Waals surface area contributed by atoms with Gasteiger partial charge in [0.15, 0.2) is 0 Å². The number of benzene rings is 2.